The molecular formula is C19H30N2O4S. The molecule has 2 rings (SSSR count). The van der Waals surface area contributed by atoms with Gasteiger partial charge in [0.1, 0.15) is 6.10 Å². The highest BCUT2D eigenvalue weighted by atomic mass is 32.2. The van der Waals surface area contributed by atoms with E-state index < -0.39 is 16.1 Å². The second-order valence-electron chi connectivity index (χ2n) is 6.77. The van der Waals surface area contributed by atoms with Crippen molar-refractivity contribution in [3.63, 3.8) is 0 Å². The molecule has 1 aromatic rings. The summed E-state index contributed by atoms with van der Waals surface area (Å²) in [6.45, 7) is 5.99. The van der Waals surface area contributed by atoms with Crippen molar-refractivity contribution in [2.24, 2.45) is 5.92 Å². The maximum atomic E-state index is 12.6. The van der Waals surface area contributed by atoms with E-state index in [1.54, 1.807) is 37.3 Å². The third-order valence-electron chi connectivity index (χ3n) is 4.75. The molecule has 1 saturated heterocycles. The van der Waals surface area contributed by atoms with Crippen LogP contribution in [0.1, 0.15) is 39.5 Å². The molecule has 0 saturated carbocycles. The van der Waals surface area contributed by atoms with Gasteiger partial charge in [-0.25, -0.2) is 8.42 Å². The lowest BCUT2D eigenvalue weighted by Crippen LogP contribution is -2.43. The lowest BCUT2D eigenvalue weighted by molar-refractivity contribution is -0.132. The van der Waals surface area contributed by atoms with Crippen molar-refractivity contribution >= 4 is 15.9 Å². The summed E-state index contributed by atoms with van der Waals surface area (Å²) >= 11 is 0. The van der Waals surface area contributed by atoms with Crippen LogP contribution in [0.5, 0.6) is 0 Å². The second kappa shape index (κ2) is 10.0. The van der Waals surface area contributed by atoms with E-state index in [0.717, 1.165) is 25.7 Å². The molecule has 1 fully saturated rings. The Morgan fingerprint density at radius 2 is 1.92 bits per heavy atom. The Kier molecular flexibility index (Phi) is 8.06. The molecule has 146 valence electrons. The third kappa shape index (κ3) is 5.79. The first-order chi connectivity index (χ1) is 12.4. The highest BCUT2D eigenvalue weighted by Crippen LogP contribution is 2.23. The van der Waals surface area contributed by atoms with Gasteiger partial charge in [0.25, 0.3) is 0 Å². The zero-order chi connectivity index (χ0) is 19.0. The van der Waals surface area contributed by atoms with Crippen molar-refractivity contribution in [1.29, 1.82) is 0 Å². The smallest absolute Gasteiger partial charge is 0.248 e. The van der Waals surface area contributed by atoms with E-state index in [9.17, 15) is 13.2 Å². The van der Waals surface area contributed by atoms with Crippen LogP contribution in [0.25, 0.3) is 0 Å². The van der Waals surface area contributed by atoms with E-state index in [0.29, 0.717) is 37.1 Å². The molecule has 1 heterocycles. The molecule has 7 heteroatoms. The quantitative estimate of drug-likeness (QED) is 0.666. The van der Waals surface area contributed by atoms with Gasteiger partial charge < -0.3 is 10.1 Å². The Balaban J connectivity index is 1.76. The molecular weight excluding hydrogens is 352 g/mol. The van der Waals surface area contributed by atoms with Crippen LogP contribution < -0.4 is 5.32 Å². The van der Waals surface area contributed by atoms with Crippen LogP contribution in [-0.2, 0) is 19.6 Å². The van der Waals surface area contributed by atoms with Gasteiger partial charge in [-0.1, -0.05) is 31.5 Å². The average Bonchev–Trinajstić information content (AvgIpc) is 2.67. The van der Waals surface area contributed by atoms with Crippen molar-refractivity contribution in [2.45, 2.75) is 50.5 Å². The van der Waals surface area contributed by atoms with Gasteiger partial charge in [-0.05, 0) is 44.2 Å². The Morgan fingerprint density at radius 1 is 1.27 bits per heavy atom. The van der Waals surface area contributed by atoms with Crippen molar-refractivity contribution < 1.29 is 17.9 Å². The summed E-state index contributed by atoms with van der Waals surface area (Å²) < 4.78 is 32.3. The fourth-order valence-electron chi connectivity index (χ4n) is 2.96. The van der Waals surface area contributed by atoms with Crippen LogP contribution in [0.15, 0.2) is 35.2 Å². The van der Waals surface area contributed by atoms with Crippen molar-refractivity contribution in [1.82, 2.24) is 9.62 Å². The highest BCUT2D eigenvalue weighted by Gasteiger charge is 2.29. The second-order valence-corrected chi connectivity index (χ2v) is 8.71. The molecule has 0 spiro atoms. The number of carbonyl (C=O) groups excluding carboxylic acids is 1. The summed E-state index contributed by atoms with van der Waals surface area (Å²) in [5.41, 5.74) is 0. The van der Waals surface area contributed by atoms with Crippen LogP contribution >= 0.6 is 0 Å². The fraction of sp³-hybridized carbons (Fsp3) is 0.632. The molecule has 26 heavy (non-hydrogen) atoms. The molecule has 1 unspecified atom stereocenters. The highest BCUT2D eigenvalue weighted by molar-refractivity contribution is 7.89. The average molecular weight is 383 g/mol. The minimum Gasteiger partial charge on any atom is -0.369 e. The molecule has 1 N–H and O–H groups in total. The first-order valence-electron chi connectivity index (χ1n) is 9.39. The number of carbonyl (C=O) groups is 1. The molecule has 0 aromatic heterocycles. The molecule has 1 aliphatic heterocycles. The Hall–Kier alpha value is -1.44. The van der Waals surface area contributed by atoms with Crippen LogP contribution in [-0.4, -0.2) is 51.0 Å². The summed E-state index contributed by atoms with van der Waals surface area (Å²) in [4.78, 5) is 12.4. The largest absolute Gasteiger partial charge is 0.369 e. The molecule has 0 radical (unpaired) electrons. The summed E-state index contributed by atoms with van der Waals surface area (Å²) in [6, 6.07) is 8.53. The predicted molar refractivity (Wildman–Crippen MR) is 101 cm³/mol. The molecule has 6 nitrogen and oxygen atoms in total. The Morgan fingerprint density at radius 3 is 2.54 bits per heavy atom. The zero-order valence-corrected chi connectivity index (χ0v) is 16.5. The van der Waals surface area contributed by atoms with Gasteiger partial charge in [-0.2, -0.15) is 4.31 Å². The molecule has 0 aliphatic carbocycles. The van der Waals surface area contributed by atoms with Crippen LogP contribution in [0, 0.1) is 5.92 Å². The third-order valence-corrected chi connectivity index (χ3v) is 6.67. The van der Waals surface area contributed by atoms with Crippen molar-refractivity contribution in [3.8, 4) is 0 Å². The van der Waals surface area contributed by atoms with Gasteiger partial charge in [0.2, 0.25) is 15.9 Å². The normalized spacial score (nSPS) is 17.8. The minimum absolute atomic E-state index is 0.0968. The lowest BCUT2D eigenvalue weighted by atomic mass is 9.98. The van der Waals surface area contributed by atoms with E-state index in [4.69, 9.17) is 4.74 Å². The van der Waals surface area contributed by atoms with Crippen LogP contribution in [0.2, 0.25) is 0 Å². The predicted octanol–water partition coefficient (Wildman–Crippen LogP) is 2.41. The molecule has 0 bridgehead atoms. The number of nitrogens with zero attached hydrogens (tertiary/aromatic N) is 1. The van der Waals surface area contributed by atoms with Gasteiger partial charge in [0, 0.05) is 26.2 Å². The van der Waals surface area contributed by atoms with E-state index in [1.165, 1.54) is 4.31 Å². The van der Waals surface area contributed by atoms with Crippen LogP contribution in [0.4, 0.5) is 0 Å². The number of nitrogens with one attached hydrogen (secondary N) is 1. The molecule has 1 aliphatic rings. The van der Waals surface area contributed by atoms with E-state index in [1.807, 2.05) is 0 Å². The number of hydrogen-bond donors (Lipinski definition) is 1. The molecule has 1 amide bonds. The number of sulfonamides is 1. The first kappa shape index (κ1) is 20.9. The van der Waals surface area contributed by atoms with Gasteiger partial charge in [-0.15, -0.1) is 0 Å². The number of benzene rings is 1. The zero-order valence-electron chi connectivity index (χ0n) is 15.7. The Labute approximate surface area is 157 Å². The fourth-order valence-corrected chi connectivity index (χ4v) is 4.45. The first-order valence-corrected chi connectivity index (χ1v) is 10.8. The number of ether oxygens (including phenoxy) is 1. The van der Waals surface area contributed by atoms with Gasteiger partial charge in [0.05, 0.1) is 4.90 Å². The monoisotopic (exact) mass is 382 g/mol. The maximum absolute atomic E-state index is 12.6. The van der Waals surface area contributed by atoms with Crippen LogP contribution in [0.3, 0.4) is 0 Å². The number of unbranched alkanes of at least 4 members (excludes halogenated alkanes) is 1. The molecule has 1 aromatic carbocycles. The lowest BCUT2D eigenvalue weighted by Gasteiger charge is -2.31. The SMILES string of the molecule is CCCCOC(C)C(=O)NCC1CCN(S(=O)(=O)c2ccccc2)CC1. The van der Waals surface area contributed by atoms with E-state index in [2.05, 4.69) is 12.2 Å². The topological polar surface area (TPSA) is 75.7 Å². The van der Waals surface area contributed by atoms with Gasteiger partial charge in [-0.3, -0.25) is 4.79 Å². The van der Waals surface area contributed by atoms with Crippen molar-refractivity contribution in [2.75, 3.05) is 26.2 Å². The van der Waals surface area contributed by atoms with Crippen molar-refractivity contribution in [3.05, 3.63) is 30.3 Å². The Bertz CT molecular complexity index is 655. The maximum Gasteiger partial charge on any atom is 0.248 e. The standard InChI is InChI=1S/C19H30N2O4S/c1-3-4-14-25-16(2)19(22)20-15-17-10-12-21(13-11-17)26(23,24)18-8-6-5-7-9-18/h5-9,16-17H,3-4,10-15H2,1-2H3,(H,20,22). The summed E-state index contributed by atoms with van der Waals surface area (Å²) in [6.07, 6.45) is 3.04. The number of rotatable bonds is 9. The van der Waals surface area contributed by atoms with E-state index in [-0.39, 0.29) is 5.91 Å². The van der Waals surface area contributed by atoms with Gasteiger partial charge in [0.15, 0.2) is 0 Å². The summed E-state index contributed by atoms with van der Waals surface area (Å²) in [5.74, 6) is 0.199. The summed E-state index contributed by atoms with van der Waals surface area (Å²) in [5, 5.41) is 2.93. The number of piperidine rings is 1. The number of amides is 1. The molecule has 1 atom stereocenters. The van der Waals surface area contributed by atoms with E-state index >= 15 is 0 Å². The van der Waals surface area contributed by atoms with Gasteiger partial charge >= 0.3 is 0 Å². The summed E-state index contributed by atoms with van der Waals surface area (Å²) in [7, 11) is -3.42. The minimum atomic E-state index is -3.42. The number of hydrogen-bond acceptors (Lipinski definition) is 4.